The molecule has 0 aromatic carbocycles. The Hall–Kier alpha value is -1.89. The van der Waals surface area contributed by atoms with Crippen molar-refractivity contribution in [3.05, 3.63) is 0 Å². The third kappa shape index (κ3) is 2.42. The maximum absolute atomic E-state index is 12.1. The van der Waals surface area contributed by atoms with Crippen LogP contribution in [-0.4, -0.2) is 77.4 Å². The highest BCUT2D eigenvalue weighted by atomic mass is 16.2. The van der Waals surface area contributed by atoms with Crippen LogP contribution in [0.4, 0.5) is 4.79 Å². The minimum Gasteiger partial charge on any atom is -0.294 e. The highest BCUT2D eigenvalue weighted by molar-refractivity contribution is 6.70. The molecule has 3 rings (SSSR count). The first-order valence-corrected chi connectivity index (χ1v) is 7.29. The van der Waals surface area contributed by atoms with Crippen molar-refractivity contribution in [2.45, 2.75) is 19.8 Å². The SMILES string of the molecule is CC1CCCN(CC2=NC3=[N+](C)C(=O)N(C)C(=O)C3=N2)C1. The van der Waals surface area contributed by atoms with Crippen molar-refractivity contribution < 1.29 is 14.2 Å². The van der Waals surface area contributed by atoms with Crippen LogP contribution in [0.25, 0.3) is 0 Å². The first-order valence-electron chi connectivity index (χ1n) is 7.29. The van der Waals surface area contributed by atoms with E-state index in [-0.39, 0.29) is 17.6 Å². The zero-order valence-corrected chi connectivity index (χ0v) is 12.7. The monoisotopic (exact) mass is 290 g/mol. The number of amides is 3. The highest BCUT2D eigenvalue weighted by Crippen LogP contribution is 2.17. The lowest BCUT2D eigenvalue weighted by molar-refractivity contribution is -0.401. The van der Waals surface area contributed by atoms with Gasteiger partial charge in [-0.2, -0.15) is 9.48 Å². The number of piperidine rings is 1. The van der Waals surface area contributed by atoms with Crippen LogP contribution in [0.3, 0.4) is 0 Å². The Bertz CT molecular complexity index is 604. The molecular formula is C14H20N5O2+. The van der Waals surface area contributed by atoms with Crippen molar-refractivity contribution in [1.29, 1.82) is 0 Å². The van der Waals surface area contributed by atoms with E-state index < -0.39 is 0 Å². The fraction of sp³-hybridized carbons (Fsp3) is 0.643. The van der Waals surface area contributed by atoms with Crippen LogP contribution < -0.4 is 0 Å². The van der Waals surface area contributed by atoms with Crippen molar-refractivity contribution in [2.24, 2.45) is 15.9 Å². The fourth-order valence-corrected chi connectivity index (χ4v) is 3.02. The Labute approximate surface area is 123 Å². The lowest BCUT2D eigenvalue weighted by Gasteiger charge is -2.29. The second-order valence-electron chi connectivity index (χ2n) is 6.00. The molecule has 1 fully saturated rings. The number of imide groups is 1. The molecule has 0 N–H and O–H groups in total. The summed E-state index contributed by atoms with van der Waals surface area (Å²) >= 11 is 0. The molecule has 112 valence electrons. The minimum absolute atomic E-state index is 0.277. The molecule has 3 amide bonds. The second kappa shape index (κ2) is 5.14. The topological polar surface area (TPSA) is 68.3 Å². The maximum Gasteiger partial charge on any atom is 0.446 e. The Kier molecular flexibility index (Phi) is 3.44. The summed E-state index contributed by atoms with van der Waals surface area (Å²) in [5.41, 5.74) is 0.277. The summed E-state index contributed by atoms with van der Waals surface area (Å²) in [4.78, 5) is 36.1. The predicted octanol–water partition coefficient (Wildman–Crippen LogP) is 0.204. The summed E-state index contributed by atoms with van der Waals surface area (Å²) in [5.74, 6) is 1.31. The zero-order valence-electron chi connectivity index (χ0n) is 12.7. The van der Waals surface area contributed by atoms with E-state index in [0.717, 1.165) is 18.0 Å². The van der Waals surface area contributed by atoms with Gasteiger partial charge in [-0.1, -0.05) is 11.9 Å². The summed E-state index contributed by atoms with van der Waals surface area (Å²) in [6, 6.07) is -0.370. The van der Waals surface area contributed by atoms with E-state index in [9.17, 15) is 9.59 Å². The van der Waals surface area contributed by atoms with Crippen LogP contribution in [-0.2, 0) is 4.79 Å². The van der Waals surface area contributed by atoms with Gasteiger partial charge in [-0.3, -0.25) is 4.90 Å². The quantitative estimate of drug-likeness (QED) is 0.682. The van der Waals surface area contributed by atoms with Gasteiger partial charge in [0, 0.05) is 6.54 Å². The number of carbonyl (C=O) groups excluding carboxylic acids is 2. The number of urea groups is 1. The number of carbonyl (C=O) groups is 2. The maximum atomic E-state index is 12.1. The molecule has 3 aliphatic heterocycles. The summed E-state index contributed by atoms with van der Waals surface area (Å²) in [5, 5.41) is 0. The molecule has 3 heterocycles. The number of nitrogens with zero attached hydrogens (tertiary/aromatic N) is 5. The van der Waals surface area contributed by atoms with Gasteiger partial charge in [0.15, 0.2) is 0 Å². The van der Waals surface area contributed by atoms with Crippen molar-refractivity contribution >= 4 is 29.3 Å². The van der Waals surface area contributed by atoms with Crippen molar-refractivity contribution in [1.82, 2.24) is 9.80 Å². The first kappa shape index (κ1) is 14.1. The molecule has 0 aromatic rings. The molecule has 0 saturated carbocycles. The number of fused-ring (bicyclic) bond motifs is 1. The van der Waals surface area contributed by atoms with Crippen LogP contribution in [0.1, 0.15) is 19.8 Å². The largest absolute Gasteiger partial charge is 0.446 e. The Morgan fingerprint density at radius 1 is 1.33 bits per heavy atom. The van der Waals surface area contributed by atoms with E-state index in [2.05, 4.69) is 21.8 Å². The standard InChI is InChI=1S/C14H20N5O2/c1-9-5-4-6-19(7-9)8-10-15-11-12(16-10)17(2)14(21)18(3)13(11)20/h9H,4-8H2,1-3H3/q+1. The molecule has 0 aromatic heterocycles. The molecular weight excluding hydrogens is 270 g/mol. The molecule has 1 saturated heterocycles. The molecule has 1 unspecified atom stereocenters. The molecule has 0 aliphatic carbocycles. The second-order valence-corrected chi connectivity index (χ2v) is 6.00. The predicted molar refractivity (Wildman–Crippen MR) is 79.1 cm³/mol. The van der Waals surface area contributed by atoms with Crippen LogP contribution in [0, 0.1) is 5.92 Å². The highest BCUT2D eigenvalue weighted by Gasteiger charge is 2.44. The Morgan fingerprint density at radius 3 is 2.81 bits per heavy atom. The van der Waals surface area contributed by atoms with Crippen LogP contribution >= 0.6 is 0 Å². The number of amidine groups is 2. The Balaban J connectivity index is 1.82. The third-order valence-corrected chi connectivity index (χ3v) is 4.19. The molecule has 0 radical (unpaired) electrons. The van der Waals surface area contributed by atoms with Gasteiger partial charge < -0.3 is 0 Å². The molecule has 7 heteroatoms. The smallest absolute Gasteiger partial charge is 0.294 e. The van der Waals surface area contributed by atoms with Gasteiger partial charge in [0.1, 0.15) is 0 Å². The van der Waals surface area contributed by atoms with Crippen LogP contribution in [0.5, 0.6) is 0 Å². The first-order chi connectivity index (χ1) is 9.97. The lowest BCUT2D eigenvalue weighted by Crippen LogP contribution is -2.51. The summed E-state index contributed by atoms with van der Waals surface area (Å²) in [6.45, 7) is 4.94. The summed E-state index contributed by atoms with van der Waals surface area (Å²) in [7, 11) is 3.08. The molecule has 7 nitrogen and oxygen atoms in total. The van der Waals surface area contributed by atoms with E-state index in [1.165, 1.54) is 24.5 Å². The number of hydrogen-bond donors (Lipinski definition) is 0. The number of hydrogen-bond acceptors (Lipinski definition) is 5. The van der Waals surface area contributed by atoms with E-state index in [4.69, 9.17) is 0 Å². The van der Waals surface area contributed by atoms with Gasteiger partial charge in [-0.05, 0) is 25.3 Å². The van der Waals surface area contributed by atoms with Gasteiger partial charge in [-0.15, -0.1) is 0 Å². The average Bonchev–Trinajstić information content (AvgIpc) is 2.87. The molecule has 3 aliphatic rings. The molecule has 0 spiro atoms. The van der Waals surface area contributed by atoms with E-state index in [1.807, 2.05) is 0 Å². The fourth-order valence-electron chi connectivity index (χ4n) is 3.02. The molecule has 1 atom stereocenters. The third-order valence-electron chi connectivity index (χ3n) is 4.19. The van der Waals surface area contributed by atoms with Crippen molar-refractivity contribution in [3.63, 3.8) is 0 Å². The van der Waals surface area contributed by atoms with Gasteiger partial charge in [-0.25, -0.2) is 14.6 Å². The molecule has 0 bridgehead atoms. The van der Waals surface area contributed by atoms with Crippen LogP contribution in [0.15, 0.2) is 9.98 Å². The van der Waals surface area contributed by atoms with Crippen molar-refractivity contribution in [3.8, 4) is 0 Å². The number of rotatable bonds is 2. The summed E-state index contributed by atoms with van der Waals surface area (Å²) in [6.07, 6.45) is 2.44. The van der Waals surface area contributed by atoms with E-state index in [0.29, 0.717) is 24.1 Å². The lowest BCUT2D eigenvalue weighted by atomic mass is 10.0. The Morgan fingerprint density at radius 2 is 2.10 bits per heavy atom. The van der Waals surface area contributed by atoms with E-state index in [1.54, 1.807) is 7.05 Å². The van der Waals surface area contributed by atoms with Crippen LogP contribution in [0.2, 0.25) is 0 Å². The average molecular weight is 290 g/mol. The number of likely N-dealkylation sites (tertiary alicyclic amines) is 1. The number of aliphatic imine (C=N–C) groups is 2. The molecule has 21 heavy (non-hydrogen) atoms. The van der Waals surface area contributed by atoms with Gasteiger partial charge in [0.05, 0.1) is 20.6 Å². The van der Waals surface area contributed by atoms with Gasteiger partial charge in [0.25, 0.3) is 0 Å². The summed E-state index contributed by atoms with van der Waals surface area (Å²) < 4.78 is 1.38. The van der Waals surface area contributed by atoms with Gasteiger partial charge >= 0.3 is 17.8 Å². The van der Waals surface area contributed by atoms with E-state index >= 15 is 0 Å². The normalized spacial score (nSPS) is 27.0. The van der Waals surface area contributed by atoms with Gasteiger partial charge in [0.2, 0.25) is 11.5 Å². The minimum atomic E-state index is -0.376. The zero-order chi connectivity index (χ0) is 15.1. The van der Waals surface area contributed by atoms with Crippen molar-refractivity contribution in [2.75, 3.05) is 33.7 Å².